The summed E-state index contributed by atoms with van der Waals surface area (Å²) in [7, 11) is 2.98. The number of carbonyl (C=O) groups is 8. The van der Waals surface area contributed by atoms with Crippen LogP contribution in [-0.2, 0) is 44.8 Å². The molecule has 4 rings (SSSR count). The van der Waals surface area contributed by atoms with Crippen LogP contribution < -0.4 is 27.0 Å². The molecule has 1 aromatic carbocycles. The highest BCUT2D eigenvalue weighted by Gasteiger charge is 2.48. The highest BCUT2D eigenvalue weighted by Crippen LogP contribution is 2.36. The first-order valence-electron chi connectivity index (χ1n) is 22.1. The third kappa shape index (κ3) is 15.8. The van der Waals surface area contributed by atoms with Gasteiger partial charge in [0.25, 0.3) is 0 Å². The lowest BCUT2D eigenvalue weighted by Crippen LogP contribution is -2.56. The summed E-state index contributed by atoms with van der Waals surface area (Å²) < 4.78 is 16.5. The molecule has 2 saturated heterocycles. The summed E-state index contributed by atoms with van der Waals surface area (Å²) in [5.41, 5.74) is 5.67. The molecule has 1 unspecified atom stereocenters. The number of anilines is 1. The van der Waals surface area contributed by atoms with E-state index in [1.807, 2.05) is 0 Å². The highest BCUT2D eigenvalue weighted by molar-refractivity contribution is 8.14. The van der Waals surface area contributed by atoms with Gasteiger partial charge < -0.3 is 61.2 Å². The number of hydrogen-bond acceptors (Lipinski definition) is 15. The Morgan fingerprint density at radius 3 is 2.23 bits per heavy atom. The van der Waals surface area contributed by atoms with E-state index in [-0.39, 0.29) is 88.1 Å². The van der Waals surface area contributed by atoms with Crippen LogP contribution in [0.15, 0.2) is 29.3 Å². The molecule has 0 saturated carbocycles. The molecule has 3 aliphatic rings. The molecular weight excluding hydrogens is 883 g/mol. The summed E-state index contributed by atoms with van der Waals surface area (Å²) in [6, 6.07) is 3.10. The maximum atomic E-state index is 13.5. The summed E-state index contributed by atoms with van der Waals surface area (Å²) in [4.78, 5) is 109. The van der Waals surface area contributed by atoms with Gasteiger partial charge in [-0.2, -0.15) is 0 Å². The van der Waals surface area contributed by atoms with Crippen LogP contribution in [0.3, 0.4) is 0 Å². The van der Waals surface area contributed by atoms with Crippen molar-refractivity contribution >= 4 is 70.2 Å². The average molecular weight is 948 g/mol. The average Bonchev–Trinajstić information content (AvgIpc) is 3.77. The zero-order chi connectivity index (χ0) is 48.7. The fourth-order valence-corrected chi connectivity index (χ4v) is 8.33. The maximum absolute atomic E-state index is 13.5. The summed E-state index contributed by atoms with van der Waals surface area (Å²) >= 11 is 1.33. The lowest BCUT2D eigenvalue weighted by molar-refractivity contribution is -0.165. The minimum absolute atomic E-state index is 0.0920. The predicted octanol–water partition coefficient (Wildman–Crippen LogP) is 1.27. The zero-order valence-corrected chi connectivity index (χ0v) is 39.2. The van der Waals surface area contributed by atoms with Crippen LogP contribution in [0.4, 0.5) is 20.1 Å². The predicted molar refractivity (Wildman–Crippen MR) is 242 cm³/mol. The van der Waals surface area contributed by atoms with Crippen molar-refractivity contribution in [2.45, 2.75) is 121 Å². The van der Waals surface area contributed by atoms with Gasteiger partial charge in [-0.3, -0.25) is 33.9 Å². The van der Waals surface area contributed by atoms with Gasteiger partial charge in [0.15, 0.2) is 0 Å². The number of likely N-dealkylation sites (N-methyl/N-ethyl adjacent to an activating group) is 2. The largest absolute Gasteiger partial charge is 0.447 e. The zero-order valence-electron chi connectivity index (χ0n) is 38.4. The number of rotatable bonds is 23. The van der Waals surface area contributed by atoms with Crippen LogP contribution in [0.1, 0.15) is 78.2 Å². The standard InChI is InChI=1S/C43H65N9O13S/c1-24(2)33(49-31(53)12-8-7-9-18-52-32(54)21-25(3)39(52)59)38(58)48-29(11-10-17-45-41(44)60)37(57)47-28-15-13-27(14-16-28)22-63-42(61)50(5)19-20-51(6)43(62)64-23-30-35(55)36(56)34-40(65-30)66-26(4)46-34/h13-16,24-25,29-30,33-36,40,55-56H,7-12,17-23H2,1-6H3,(H,47,57)(H,48,58)(H,49,53)(H3,44,45,60)/t25?,29-,30+,33-,34+,35+,36+,40+/m0/s1. The fraction of sp³-hybridized carbons (Fsp3) is 0.651. The third-order valence-corrected chi connectivity index (χ3v) is 12.3. The molecule has 0 spiro atoms. The van der Waals surface area contributed by atoms with Crippen LogP contribution >= 0.6 is 11.8 Å². The Balaban J connectivity index is 1.20. The Hall–Kier alpha value is -5.52. The topological polar surface area (TPSA) is 301 Å². The Bertz CT molecular complexity index is 1920. The van der Waals surface area contributed by atoms with Crippen molar-refractivity contribution in [2.24, 2.45) is 22.6 Å². The van der Waals surface area contributed by atoms with Gasteiger partial charge in [-0.1, -0.05) is 51.1 Å². The molecule has 66 heavy (non-hydrogen) atoms. The fourth-order valence-electron chi connectivity index (χ4n) is 7.26. The number of aliphatic hydroxyl groups excluding tert-OH is 2. The van der Waals surface area contributed by atoms with Gasteiger partial charge in [0.2, 0.25) is 29.5 Å². The number of nitrogens with zero attached hydrogens (tertiary/aromatic N) is 4. The number of aliphatic imine (C=N–C) groups is 1. The minimum atomic E-state index is -1.29. The number of carbonyl (C=O) groups excluding carboxylic acids is 8. The van der Waals surface area contributed by atoms with Crippen molar-refractivity contribution in [3.05, 3.63) is 29.8 Å². The molecule has 23 heteroatoms. The SMILES string of the molecule is CC1=N[C@@H]2[C@@H](O)[C@H](O)[C@@H](COC(=O)N(C)CCN(C)C(=O)OCc3ccc(NC(=O)[C@H](CCCNC(N)=O)NC(=O)[C@@H](NC(=O)CCCCCN4C(=O)CC(C)C4=O)C(C)C)cc3)O[C@@H]2S1. The quantitative estimate of drug-likeness (QED) is 0.0601. The van der Waals surface area contributed by atoms with E-state index in [1.54, 1.807) is 52.0 Å². The summed E-state index contributed by atoms with van der Waals surface area (Å²) in [5.74, 6) is -2.50. The van der Waals surface area contributed by atoms with E-state index in [4.69, 9.17) is 19.9 Å². The van der Waals surface area contributed by atoms with Crippen molar-refractivity contribution in [3.63, 3.8) is 0 Å². The molecule has 8 atom stereocenters. The third-order valence-electron chi connectivity index (χ3n) is 11.3. The van der Waals surface area contributed by atoms with E-state index in [2.05, 4.69) is 26.3 Å². The van der Waals surface area contributed by atoms with E-state index in [9.17, 15) is 48.6 Å². The van der Waals surface area contributed by atoms with Crippen molar-refractivity contribution in [3.8, 4) is 0 Å². The molecule has 1 aromatic rings. The van der Waals surface area contributed by atoms with Gasteiger partial charge >= 0.3 is 18.2 Å². The smallest absolute Gasteiger partial charge is 0.409 e. The number of primary amides is 1. The summed E-state index contributed by atoms with van der Waals surface area (Å²) in [6.45, 7) is 7.26. The first kappa shape index (κ1) is 53.1. The van der Waals surface area contributed by atoms with Crippen molar-refractivity contribution < 1.29 is 62.8 Å². The molecule has 0 bridgehead atoms. The second-order valence-electron chi connectivity index (χ2n) is 17.0. The Morgan fingerprint density at radius 1 is 0.939 bits per heavy atom. The van der Waals surface area contributed by atoms with E-state index in [1.165, 1.54) is 40.6 Å². The van der Waals surface area contributed by atoms with Crippen molar-refractivity contribution in [2.75, 3.05) is 52.2 Å². The molecular formula is C43H65N9O13S. The lowest BCUT2D eigenvalue weighted by Gasteiger charge is -2.38. The number of amides is 9. The normalized spacial score (nSPS) is 22.1. The second-order valence-corrected chi connectivity index (χ2v) is 18.3. The molecule has 22 nitrogen and oxygen atoms in total. The molecule has 0 radical (unpaired) electrons. The van der Waals surface area contributed by atoms with E-state index >= 15 is 0 Å². The van der Waals surface area contributed by atoms with Crippen molar-refractivity contribution in [1.29, 1.82) is 0 Å². The molecule has 0 aromatic heterocycles. The number of ether oxygens (including phenoxy) is 3. The summed E-state index contributed by atoms with van der Waals surface area (Å²) in [5, 5.41) is 32.4. The number of hydrogen-bond donors (Lipinski definition) is 7. The molecule has 0 aliphatic carbocycles. The van der Waals surface area contributed by atoms with Crippen LogP contribution in [0.25, 0.3) is 0 Å². The number of nitrogens with one attached hydrogen (secondary N) is 4. The Kier molecular flexibility index (Phi) is 20.4. The van der Waals surface area contributed by atoms with Crippen LogP contribution in [-0.4, -0.2) is 166 Å². The number of fused-ring (bicyclic) bond motifs is 1. The molecule has 366 valence electrons. The van der Waals surface area contributed by atoms with Crippen LogP contribution in [0.5, 0.6) is 0 Å². The molecule has 2 fully saturated rings. The monoisotopic (exact) mass is 947 g/mol. The number of aliphatic hydroxyl groups is 2. The number of unbranched alkanes of at least 4 members (excludes halogenated alkanes) is 2. The van der Waals surface area contributed by atoms with Crippen LogP contribution in [0.2, 0.25) is 0 Å². The molecule has 8 N–H and O–H groups in total. The first-order chi connectivity index (χ1) is 31.2. The van der Waals surface area contributed by atoms with Gasteiger partial charge in [0.05, 0.1) is 5.04 Å². The van der Waals surface area contributed by atoms with Gasteiger partial charge in [-0.25, -0.2) is 14.4 Å². The van der Waals surface area contributed by atoms with E-state index in [0.29, 0.717) is 37.1 Å². The van der Waals surface area contributed by atoms with Crippen molar-refractivity contribution in [1.82, 2.24) is 30.7 Å². The lowest BCUT2D eigenvalue weighted by atomic mass is 9.99. The summed E-state index contributed by atoms with van der Waals surface area (Å²) in [6.07, 6.45) is -2.41. The van der Waals surface area contributed by atoms with Crippen LogP contribution in [0, 0.1) is 11.8 Å². The number of imide groups is 1. The number of thioether (sulfide) groups is 1. The molecule has 3 aliphatic heterocycles. The number of benzene rings is 1. The van der Waals surface area contributed by atoms with Gasteiger partial charge in [0, 0.05) is 64.7 Å². The van der Waals surface area contributed by atoms with Gasteiger partial charge in [0.1, 0.15) is 55.1 Å². The van der Waals surface area contributed by atoms with E-state index < -0.39 is 71.9 Å². The van der Waals surface area contributed by atoms with Gasteiger partial charge in [-0.05, 0) is 56.2 Å². The minimum Gasteiger partial charge on any atom is -0.447 e. The number of likely N-dealkylation sites (tertiary alicyclic amines) is 1. The van der Waals surface area contributed by atoms with Gasteiger partial charge in [-0.15, -0.1) is 0 Å². The molecule has 3 heterocycles. The molecule has 9 amide bonds. The number of urea groups is 1. The van der Waals surface area contributed by atoms with E-state index in [0.717, 1.165) is 5.04 Å². The first-order valence-corrected chi connectivity index (χ1v) is 23.0. The Morgan fingerprint density at radius 2 is 1.61 bits per heavy atom. The highest BCUT2D eigenvalue weighted by atomic mass is 32.2. The second kappa shape index (κ2) is 25.4. The number of nitrogens with two attached hydrogens (primary N) is 1. The maximum Gasteiger partial charge on any atom is 0.409 e. The Labute approximate surface area is 388 Å².